The van der Waals surface area contributed by atoms with Crippen LogP contribution in [0.5, 0.6) is 0 Å². The number of ether oxygens (including phenoxy) is 1. The van der Waals surface area contributed by atoms with E-state index < -0.39 is 0 Å². The molecule has 2 heterocycles. The van der Waals surface area contributed by atoms with Gasteiger partial charge in [0.2, 0.25) is 0 Å². The van der Waals surface area contributed by atoms with E-state index >= 15 is 0 Å². The first-order chi connectivity index (χ1) is 8.31. The molecule has 1 unspecified atom stereocenters. The third-order valence-corrected chi connectivity index (χ3v) is 3.03. The summed E-state index contributed by atoms with van der Waals surface area (Å²) in [6.45, 7) is 3.54. The lowest BCUT2D eigenvalue weighted by atomic mass is 10.1. The smallest absolute Gasteiger partial charge is 0.192 e. The van der Waals surface area contributed by atoms with E-state index in [1.165, 1.54) is 0 Å². The molecule has 1 atom stereocenters. The van der Waals surface area contributed by atoms with Crippen molar-refractivity contribution in [2.24, 2.45) is 0 Å². The maximum Gasteiger partial charge on any atom is 0.192 e. The maximum atomic E-state index is 5.45. The summed E-state index contributed by atoms with van der Waals surface area (Å²) in [5.74, 6) is 0.707. The third kappa shape index (κ3) is 2.26. The molecule has 1 saturated heterocycles. The van der Waals surface area contributed by atoms with Gasteiger partial charge in [0.05, 0.1) is 6.61 Å². The zero-order valence-corrected chi connectivity index (χ0v) is 9.90. The highest BCUT2D eigenvalue weighted by Crippen LogP contribution is 2.21. The molecule has 4 nitrogen and oxygen atoms in total. The summed E-state index contributed by atoms with van der Waals surface area (Å²) >= 11 is 0. The Bertz CT molecular complexity index is 515. The Labute approximate surface area is 100.0 Å². The molecule has 1 aliphatic heterocycles. The van der Waals surface area contributed by atoms with Crippen LogP contribution in [-0.4, -0.2) is 24.2 Å². The molecule has 3 rings (SSSR count). The second kappa shape index (κ2) is 4.37. The standard InChI is InChI=1S/C13H16N2O2/c1-9-14-12-7-10(4-5-13(12)17-9)15-11-3-2-6-16-8-11/h4-5,7,11,15H,2-3,6,8H2,1H3. The zero-order chi connectivity index (χ0) is 11.7. The number of nitrogens with one attached hydrogen (secondary N) is 1. The Hall–Kier alpha value is -1.55. The monoisotopic (exact) mass is 232 g/mol. The Kier molecular flexibility index (Phi) is 2.73. The second-order valence-corrected chi connectivity index (χ2v) is 4.47. The summed E-state index contributed by atoms with van der Waals surface area (Å²) in [4.78, 5) is 4.33. The molecule has 0 amide bonds. The molecule has 90 valence electrons. The fraction of sp³-hybridized carbons (Fsp3) is 0.462. The minimum Gasteiger partial charge on any atom is -0.441 e. The van der Waals surface area contributed by atoms with Crippen LogP contribution in [0.25, 0.3) is 11.1 Å². The van der Waals surface area contributed by atoms with Crippen molar-refractivity contribution in [1.29, 1.82) is 0 Å². The van der Waals surface area contributed by atoms with Crippen molar-refractivity contribution in [3.63, 3.8) is 0 Å². The van der Waals surface area contributed by atoms with Crippen LogP contribution in [0.1, 0.15) is 18.7 Å². The largest absolute Gasteiger partial charge is 0.441 e. The third-order valence-electron chi connectivity index (χ3n) is 3.03. The predicted molar refractivity (Wildman–Crippen MR) is 66.2 cm³/mol. The van der Waals surface area contributed by atoms with Crippen LogP contribution in [0.4, 0.5) is 5.69 Å². The number of oxazole rings is 1. The van der Waals surface area contributed by atoms with E-state index in [4.69, 9.17) is 9.15 Å². The van der Waals surface area contributed by atoms with E-state index in [0.717, 1.165) is 42.8 Å². The van der Waals surface area contributed by atoms with Crippen LogP contribution in [0.3, 0.4) is 0 Å². The number of anilines is 1. The van der Waals surface area contributed by atoms with Gasteiger partial charge in [0.25, 0.3) is 0 Å². The van der Waals surface area contributed by atoms with Crippen LogP contribution >= 0.6 is 0 Å². The molecule has 1 aromatic carbocycles. The van der Waals surface area contributed by atoms with E-state index in [1.54, 1.807) is 0 Å². The van der Waals surface area contributed by atoms with Gasteiger partial charge in [-0.25, -0.2) is 4.98 Å². The molecule has 0 saturated carbocycles. The first-order valence-electron chi connectivity index (χ1n) is 6.03. The quantitative estimate of drug-likeness (QED) is 0.864. The SMILES string of the molecule is Cc1nc2cc(NC3CCCOC3)ccc2o1. The molecule has 1 fully saturated rings. The fourth-order valence-electron chi connectivity index (χ4n) is 2.22. The number of aryl methyl sites for hydroxylation is 1. The maximum absolute atomic E-state index is 5.45. The van der Waals surface area contributed by atoms with Gasteiger partial charge in [-0.3, -0.25) is 0 Å². The van der Waals surface area contributed by atoms with E-state index in [9.17, 15) is 0 Å². The van der Waals surface area contributed by atoms with Gasteiger partial charge in [-0.05, 0) is 31.0 Å². The van der Waals surface area contributed by atoms with Crippen molar-refractivity contribution in [3.8, 4) is 0 Å². The van der Waals surface area contributed by atoms with E-state index in [0.29, 0.717) is 11.9 Å². The van der Waals surface area contributed by atoms with Crippen molar-refractivity contribution in [3.05, 3.63) is 24.1 Å². The van der Waals surface area contributed by atoms with Crippen molar-refractivity contribution in [2.75, 3.05) is 18.5 Å². The number of rotatable bonds is 2. The first-order valence-corrected chi connectivity index (χ1v) is 6.03. The number of nitrogens with zero attached hydrogens (tertiary/aromatic N) is 1. The molecule has 1 N–H and O–H groups in total. The molecule has 0 bridgehead atoms. The lowest BCUT2D eigenvalue weighted by Gasteiger charge is -2.24. The number of benzene rings is 1. The number of hydrogen-bond acceptors (Lipinski definition) is 4. The number of hydrogen-bond donors (Lipinski definition) is 1. The van der Waals surface area contributed by atoms with Gasteiger partial charge in [0.15, 0.2) is 11.5 Å². The summed E-state index contributed by atoms with van der Waals surface area (Å²) in [6.07, 6.45) is 2.29. The highest BCUT2D eigenvalue weighted by molar-refractivity contribution is 5.77. The number of aromatic nitrogens is 1. The fourth-order valence-corrected chi connectivity index (χ4v) is 2.22. The lowest BCUT2D eigenvalue weighted by molar-refractivity contribution is 0.0876. The molecule has 1 aliphatic rings. The lowest BCUT2D eigenvalue weighted by Crippen LogP contribution is -2.29. The van der Waals surface area contributed by atoms with E-state index in [1.807, 2.05) is 25.1 Å². The summed E-state index contributed by atoms with van der Waals surface area (Å²) in [7, 11) is 0. The summed E-state index contributed by atoms with van der Waals surface area (Å²) in [5, 5.41) is 3.48. The summed E-state index contributed by atoms with van der Waals surface area (Å²) in [6, 6.07) is 6.43. The van der Waals surface area contributed by atoms with Crippen molar-refractivity contribution < 1.29 is 9.15 Å². The van der Waals surface area contributed by atoms with Crippen LogP contribution < -0.4 is 5.32 Å². The van der Waals surface area contributed by atoms with E-state index in [-0.39, 0.29) is 0 Å². The van der Waals surface area contributed by atoms with E-state index in [2.05, 4.69) is 10.3 Å². The normalized spacial score (nSPS) is 20.6. The Balaban J connectivity index is 1.79. The average Bonchev–Trinajstić information content (AvgIpc) is 2.70. The van der Waals surface area contributed by atoms with Gasteiger partial charge in [0.1, 0.15) is 5.52 Å². The van der Waals surface area contributed by atoms with Crippen LogP contribution in [0, 0.1) is 6.92 Å². The Morgan fingerprint density at radius 1 is 1.41 bits per heavy atom. The highest BCUT2D eigenvalue weighted by Gasteiger charge is 2.13. The first kappa shape index (κ1) is 10.6. The Morgan fingerprint density at radius 2 is 2.35 bits per heavy atom. The van der Waals surface area contributed by atoms with Crippen LogP contribution in [-0.2, 0) is 4.74 Å². The molecule has 0 aliphatic carbocycles. The van der Waals surface area contributed by atoms with Crippen molar-refractivity contribution >= 4 is 16.8 Å². The molecule has 1 aromatic heterocycles. The minimum atomic E-state index is 0.411. The minimum absolute atomic E-state index is 0.411. The summed E-state index contributed by atoms with van der Waals surface area (Å²) in [5.41, 5.74) is 2.83. The van der Waals surface area contributed by atoms with Crippen molar-refractivity contribution in [1.82, 2.24) is 4.98 Å². The van der Waals surface area contributed by atoms with Gasteiger partial charge in [-0.15, -0.1) is 0 Å². The van der Waals surface area contributed by atoms with Gasteiger partial charge in [0, 0.05) is 25.3 Å². The zero-order valence-electron chi connectivity index (χ0n) is 9.90. The predicted octanol–water partition coefficient (Wildman–Crippen LogP) is 2.73. The molecule has 0 radical (unpaired) electrons. The molecular weight excluding hydrogens is 216 g/mol. The molecule has 2 aromatic rings. The molecular formula is C13H16N2O2. The van der Waals surface area contributed by atoms with Crippen LogP contribution in [0.2, 0.25) is 0 Å². The highest BCUT2D eigenvalue weighted by atomic mass is 16.5. The van der Waals surface area contributed by atoms with Gasteiger partial charge in [-0.2, -0.15) is 0 Å². The molecule has 4 heteroatoms. The second-order valence-electron chi connectivity index (χ2n) is 4.47. The topological polar surface area (TPSA) is 47.3 Å². The number of fused-ring (bicyclic) bond motifs is 1. The Morgan fingerprint density at radius 3 is 3.18 bits per heavy atom. The van der Waals surface area contributed by atoms with Crippen molar-refractivity contribution in [2.45, 2.75) is 25.8 Å². The van der Waals surface area contributed by atoms with Gasteiger partial charge in [-0.1, -0.05) is 0 Å². The van der Waals surface area contributed by atoms with Gasteiger partial charge >= 0.3 is 0 Å². The van der Waals surface area contributed by atoms with Crippen LogP contribution in [0.15, 0.2) is 22.6 Å². The average molecular weight is 232 g/mol. The summed E-state index contributed by atoms with van der Waals surface area (Å²) < 4.78 is 10.9. The molecule has 17 heavy (non-hydrogen) atoms. The molecule has 0 spiro atoms. The van der Waals surface area contributed by atoms with Gasteiger partial charge < -0.3 is 14.5 Å².